The number of carbonyl (C=O) groups is 1. The zero-order valence-electron chi connectivity index (χ0n) is 16.1. The predicted molar refractivity (Wildman–Crippen MR) is 112 cm³/mol. The van der Waals surface area contributed by atoms with Crippen molar-refractivity contribution in [3.63, 3.8) is 0 Å². The van der Waals surface area contributed by atoms with Crippen LogP contribution in [0.25, 0.3) is 22.0 Å². The largest absolute Gasteiger partial charge is 0.490 e. The second-order valence-corrected chi connectivity index (χ2v) is 6.70. The lowest BCUT2D eigenvalue weighted by Gasteiger charge is -2.25. The lowest BCUT2D eigenvalue weighted by atomic mass is 9.79. The molecular weight excluding hydrogens is 389 g/mol. The summed E-state index contributed by atoms with van der Waals surface area (Å²) < 4.78 is 11.6. The number of ether oxygens (including phenoxy) is 2. The van der Waals surface area contributed by atoms with Gasteiger partial charge in [0.2, 0.25) is 0 Å². The Morgan fingerprint density at radius 2 is 1.90 bits per heavy atom. The Kier molecular flexibility index (Phi) is 7.18. The first-order chi connectivity index (χ1) is 14.5. The van der Waals surface area contributed by atoms with Crippen LogP contribution in [-0.4, -0.2) is 58.3 Å². The third-order valence-corrected chi connectivity index (χ3v) is 4.75. The second kappa shape index (κ2) is 10.0. The highest BCUT2D eigenvalue weighted by Gasteiger charge is 2.20. The van der Waals surface area contributed by atoms with Crippen molar-refractivity contribution in [2.75, 3.05) is 18.9 Å². The van der Waals surface area contributed by atoms with Crippen LogP contribution in [0.5, 0.6) is 5.75 Å². The first kappa shape index (κ1) is 21.5. The second-order valence-electron chi connectivity index (χ2n) is 6.70. The Morgan fingerprint density at radius 1 is 1.17 bits per heavy atom. The summed E-state index contributed by atoms with van der Waals surface area (Å²) in [6, 6.07) is 10.8. The summed E-state index contributed by atoms with van der Waals surface area (Å²) in [5, 5.41) is 34.9. The Bertz CT molecular complexity index is 1010. The van der Waals surface area contributed by atoms with Gasteiger partial charge < -0.3 is 30.4 Å². The molecule has 2 aromatic carbocycles. The van der Waals surface area contributed by atoms with Crippen LogP contribution in [0.15, 0.2) is 42.6 Å². The molecule has 10 heteroatoms. The summed E-state index contributed by atoms with van der Waals surface area (Å²) in [5.41, 5.74) is 9.18. The highest BCUT2D eigenvalue weighted by atomic mass is 16.5. The zero-order chi connectivity index (χ0) is 21.5. The van der Waals surface area contributed by atoms with Crippen molar-refractivity contribution in [2.45, 2.75) is 18.9 Å². The van der Waals surface area contributed by atoms with Crippen molar-refractivity contribution in [3.05, 3.63) is 42.6 Å². The molecular formula is C20H22BN3O6. The van der Waals surface area contributed by atoms with E-state index in [1.54, 1.807) is 18.2 Å². The number of fused-ring (bicyclic) bond motifs is 1. The van der Waals surface area contributed by atoms with Crippen LogP contribution >= 0.6 is 0 Å². The van der Waals surface area contributed by atoms with Crippen molar-refractivity contribution in [1.82, 2.24) is 10.2 Å². The van der Waals surface area contributed by atoms with Gasteiger partial charge in [-0.3, -0.25) is 4.79 Å². The summed E-state index contributed by atoms with van der Waals surface area (Å²) in [6.45, 7) is 1.11. The predicted octanol–water partition coefficient (Wildman–Crippen LogP) is 0.817. The Balaban J connectivity index is 0.000000806. The quantitative estimate of drug-likeness (QED) is 0.362. The van der Waals surface area contributed by atoms with Gasteiger partial charge in [0, 0.05) is 23.8 Å². The number of nitrogens with two attached hydrogens (primary N) is 1. The van der Waals surface area contributed by atoms with Gasteiger partial charge in [0.1, 0.15) is 11.9 Å². The minimum atomic E-state index is -1.56. The molecule has 1 aromatic heterocycles. The number of hydrogen-bond donors (Lipinski definition) is 4. The maximum absolute atomic E-state index is 9.57. The molecule has 1 aliphatic heterocycles. The molecule has 0 amide bonds. The van der Waals surface area contributed by atoms with E-state index in [1.807, 2.05) is 18.2 Å². The molecule has 0 unspecified atom stereocenters. The van der Waals surface area contributed by atoms with Crippen LogP contribution in [0.4, 0.5) is 5.69 Å². The standard InChI is InChI=1S/C19H20BN3O4.CH2O2/c21-17-11-22-23-18-9-12(1-3-15(17)18)16-10-13(20(24)25)2-4-19(16)27-14-5-7-26-8-6-14;2-1-3/h1-4,9-11,14,24-25H,5-8H2,(H2,21,23);1H,(H,2,3). The number of aromatic nitrogens is 2. The fourth-order valence-corrected chi connectivity index (χ4v) is 3.26. The van der Waals surface area contributed by atoms with Gasteiger partial charge in [0.15, 0.2) is 0 Å². The number of rotatable bonds is 4. The molecule has 0 bridgehead atoms. The molecule has 5 N–H and O–H groups in total. The summed E-state index contributed by atoms with van der Waals surface area (Å²) in [6.07, 6.45) is 3.23. The van der Waals surface area contributed by atoms with Gasteiger partial charge in [-0.25, -0.2) is 0 Å². The van der Waals surface area contributed by atoms with Crippen LogP contribution in [0, 0.1) is 0 Å². The van der Waals surface area contributed by atoms with Crippen molar-refractivity contribution in [1.29, 1.82) is 0 Å². The molecule has 0 radical (unpaired) electrons. The number of hydrogen-bond acceptors (Lipinski definition) is 8. The number of nitrogens with zero attached hydrogens (tertiary/aromatic N) is 2. The fourth-order valence-electron chi connectivity index (χ4n) is 3.26. The summed E-state index contributed by atoms with van der Waals surface area (Å²) in [5.74, 6) is 0.683. The topological polar surface area (TPSA) is 148 Å². The Labute approximate surface area is 173 Å². The average Bonchev–Trinajstić information content (AvgIpc) is 2.75. The van der Waals surface area contributed by atoms with E-state index in [-0.39, 0.29) is 12.6 Å². The van der Waals surface area contributed by atoms with Gasteiger partial charge in [0.05, 0.1) is 30.6 Å². The SMILES string of the molecule is Nc1cnnc2cc(-c3cc(B(O)O)ccc3OC3CCOCC3)ccc12.O=CO. The fraction of sp³-hybridized carbons (Fsp3) is 0.250. The Morgan fingerprint density at radius 3 is 2.60 bits per heavy atom. The minimum Gasteiger partial charge on any atom is -0.490 e. The van der Waals surface area contributed by atoms with Gasteiger partial charge in [0.25, 0.3) is 6.47 Å². The number of anilines is 1. The first-order valence-electron chi connectivity index (χ1n) is 9.37. The van der Waals surface area contributed by atoms with Crippen LogP contribution in [-0.2, 0) is 9.53 Å². The average molecular weight is 411 g/mol. The van der Waals surface area contributed by atoms with Gasteiger partial charge in [-0.1, -0.05) is 18.2 Å². The lowest BCUT2D eigenvalue weighted by molar-refractivity contribution is -0.122. The smallest absolute Gasteiger partial charge is 0.488 e. The van der Waals surface area contributed by atoms with Gasteiger partial charge in [-0.15, -0.1) is 0 Å². The van der Waals surface area contributed by atoms with E-state index in [1.165, 1.54) is 6.20 Å². The molecule has 3 aromatic rings. The van der Waals surface area contributed by atoms with E-state index in [4.69, 9.17) is 25.1 Å². The molecule has 156 valence electrons. The third-order valence-electron chi connectivity index (χ3n) is 4.75. The summed E-state index contributed by atoms with van der Waals surface area (Å²) in [7, 11) is -1.56. The van der Waals surface area contributed by atoms with Gasteiger partial charge in [-0.05, 0) is 29.2 Å². The van der Waals surface area contributed by atoms with E-state index in [0.29, 0.717) is 35.6 Å². The normalized spacial score (nSPS) is 13.9. The zero-order valence-corrected chi connectivity index (χ0v) is 16.1. The van der Waals surface area contributed by atoms with Gasteiger partial charge >= 0.3 is 7.12 Å². The first-order valence-corrected chi connectivity index (χ1v) is 9.37. The van der Waals surface area contributed by atoms with E-state index < -0.39 is 7.12 Å². The summed E-state index contributed by atoms with van der Waals surface area (Å²) >= 11 is 0. The van der Waals surface area contributed by atoms with Crippen LogP contribution in [0.2, 0.25) is 0 Å². The van der Waals surface area contributed by atoms with Crippen LogP contribution in [0.3, 0.4) is 0 Å². The Hall–Kier alpha value is -3.21. The molecule has 30 heavy (non-hydrogen) atoms. The number of benzene rings is 2. The van der Waals surface area contributed by atoms with Crippen molar-refractivity contribution < 1.29 is 29.4 Å². The molecule has 0 aliphatic carbocycles. The van der Waals surface area contributed by atoms with Crippen LogP contribution < -0.4 is 15.9 Å². The number of carboxylic acid groups (broad SMARTS) is 1. The molecule has 1 saturated heterocycles. The van der Waals surface area contributed by atoms with Crippen LogP contribution in [0.1, 0.15) is 12.8 Å². The molecule has 4 rings (SSSR count). The van der Waals surface area contributed by atoms with E-state index in [0.717, 1.165) is 29.4 Å². The minimum absolute atomic E-state index is 0.0679. The van der Waals surface area contributed by atoms with Gasteiger partial charge in [-0.2, -0.15) is 10.2 Å². The molecule has 2 heterocycles. The molecule has 9 nitrogen and oxygen atoms in total. The third kappa shape index (κ3) is 5.04. The molecule has 1 fully saturated rings. The highest BCUT2D eigenvalue weighted by Crippen LogP contribution is 2.33. The lowest BCUT2D eigenvalue weighted by Crippen LogP contribution is -2.30. The van der Waals surface area contributed by atoms with Crippen molar-refractivity contribution in [3.8, 4) is 16.9 Å². The monoisotopic (exact) mass is 411 g/mol. The maximum Gasteiger partial charge on any atom is 0.488 e. The highest BCUT2D eigenvalue weighted by molar-refractivity contribution is 6.58. The summed E-state index contributed by atoms with van der Waals surface area (Å²) in [4.78, 5) is 8.36. The van der Waals surface area contributed by atoms with E-state index in [2.05, 4.69) is 10.2 Å². The molecule has 1 aliphatic rings. The molecule has 0 atom stereocenters. The maximum atomic E-state index is 9.57. The van der Waals surface area contributed by atoms with Crippen molar-refractivity contribution >= 4 is 35.6 Å². The van der Waals surface area contributed by atoms with Crippen molar-refractivity contribution in [2.24, 2.45) is 0 Å². The molecule has 0 spiro atoms. The molecule has 0 saturated carbocycles. The number of nitrogen functional groups attached to an aromatic ring is 1. The van der Waals surface area contributed by atoms with E-state index in [9.17, 15) is 10.0 Å². The van der Waals surface area contributed by atoms with E-state index >= 15 is 0 Å².